The molecule has 0 aromatic carbocycles. The number of fused-ring (bicyclic) bond motifs is 1. The number of hydrogen-bond acceptors (Lipinski definition) is 5. The van der Waals surface area contributed by atoms with Gasteiger partial charge in [-0.25, -0.2) is 0 Å². The van der Waals surface area contributed by atoms with Gasteiger partial charge < -0.3 is 4.52 Å². The largest absolute Gasteiger partial charge is 0.338 e. The Bertz CT molecular complexity index is 633. The Balaban J connectivity index is 1.68. The molecule has 0 spiro atoms. The van der Waals surface area contributed by atoms with Crippen molar-refractivity contribution in [3.8, 4) is 0 Å². The van der Waals surface area contributed by atoms with Gasteiger partial charge in [-0.05, 0) is 39.5 Å². The van der Waals surface area contributed by atoms with Crippen molar-refractivity contribution in [2.45, 2.75) is 77.9 Å². The molecule has 1 aliphatic carbocycles. The molecule has 6 nitrogen and oxygen atoms in total. The maximum Gasteiger partial charge on any atom is 0.243 e. The highest BCUT2D eigenvalue weighted by molar-refractivity contribution is 5.25. The van der Waals surface area contributed by atoms with E-state index in [-0.39, 0.29) is 6.04 Å². The highest BCUT2D eigenvalue weighted by atomic mass is 16.5. The second-order valence-electron chi connectivity index (χ2n) is 6.35. The Kier molecular flexibility index (Phi) is 5.10. The summed E-state index contributed by atoms with van der Waals surface area (Å²) in [5.74, 6) is 1.50. The van der Waals surface area contributed by atoms with Crippen LogP contribution < -0.4 is 5.32 Å². The second-order valence-corrected chi connectivity index (χ2v) is 6.35. The molecule has 2 aromatic heterocycles. The first-order valence-corrected chi connectivity index (χ1v) is 8.86. The summed E-state index contributed by atoms with van der Waals surface area (Å²) < 4.78 is 7.55. The third-order valence-electron chi connectivity index (χ3n) is 4.62. The molecule has 2 aromatic rings. The van der Waals surface area contributed by atoms with Crippen molar-refractivity contribution in [2.75, 3.05) is 0 Å². The lowest BCUT2D eigenvalue weighted by Crippen LogP contribution is -2.28. The van der Waals surface area contributed by atoms with Crippen molar-refractivity contribution in [3.05, 3.63) is 29.2 Å². The third-order valence-corrected chi connectivity index (χ3v) is 4.62. The molecule has 0 amide bonds. The Morgan fingerprint density at radius 2 is 2.30 bits per heavy atom. The molecule has 3 rings (SSSR count). The average Bonchev–Trinajstić information content (AvgIpc) is 3.20. The molecule has 1 aliphatic rings. The van der Waals surface area contributed by atoms with E-state index in [1.807, 2.05) is 6.20 Å². The second kappa shape index (κ2) is 7.25. The highest BCUT2D eigenvalue weighted by Gasteiger charge is 2.26. The Labute approximate surface area is 137 Å². The van der Waals surface area contributed by atoms with Crippen LogP contribution in [0.2, 0.25) is 0 Å². The molecule has 0 radical (unpaired) electrons. The van der Waals surface area contributed by atoms with Crippen LogP contribution >= 0.6 is 0 Å². The van der Waals surface area contributed by atoms with E-state index in [1.165, 1.54) is 17.7 Å². The highest BCUT2D eigenvalue weighted by Crippen LogP contribution is 2.31. The topological polar surface area (TPSA) is 68.8 Å². The van der Waals surface area contributed by atoms with Crippen LogP contribution in [0.25, 0.3) is 0 Å². The third kappa shape index (κ3) is 3.47. The summed E-state index contributed by atoms with van der Waals surface area (Å²) in [6, 6.07) is 0.374. The summed E-state index contributed by atoms with van der Waals surface area (Å²) >= 11 is 0. The molecule has 0 bridgehead atoms. The van der Waals surface area contributed by atoms with Crippen molar-refractivity contribution in [3.63, 3.8) is 0 Å². The lowest BCUT2D eigenvalue weighted by Gasteiger charge is -2.26. The number of nitrogens with zero attached hydrogens (tertiary/aromatic N) is 4. The Hall–Kier alpha value is -1.69. The van der Waals surface area contributed by atoms with Crippen molar-refractivity contribution < 1.29 is 4.52 Å². The first-order chi connectivity index (χ1) is 11.2. The number of nitrogens with one attached hydrogen (secondary N) is 1. The van der Waals surface area contributed by atoms with Gasteiger partial charge in [-0.15, -0.1) is 0 Å². The number of hydrogen-bond donors (Lipinski definition) is 1. The standard InChI is InChI=1S/C17H27N5O/c1-4-6-10-16-20-17(23-21-16)12(3)19-14-8-7-9-15-13(14)11-18-22(15)5-2/h11-12,14,19H,4-10H2,1-3H3/t12-,14+/m0/s1. The lowest BCUT2D eigenvalue weighted by molar-refractivity contribution is 0.311. The Morgan fingerprint density at radius 1 is 1.43 bits per heavy atom. The van der Waals surface area contributed by atoms with Gasteiger partial charge in [-0.2, -0.15) is 10.1 Å². The summed E-state index contributed by atoms with van der Waals surface area (Å²) in [7, 11) is 0. The minimum absolute atomic E-state index is 0.0544. The molecule has 126 valence electrons. The van der Waals surface area contributed by atoms with Gasteiger partial charge in [-0.1, -0.05) is 18.5 Å². The normalized spacial score (nSPS) is 18.8. The van der Waals surface area contributed by atoms with Crippen LogP contribution in [0, 0.1) is 0 Å². The number of aromatic nitrogens is 4. The number of aryl methyl sites for hydroxylation is 2. The SMILES string of the molecule is CCCCc1noc([C@H](C)N[C@@H]2CCCc3c2cnn3CC)n1. The summed E-state index contributed by atoms with van der Waals surface area (Å²) in [4.78, 5) is 4.53. The van der Waals surface area contributed by atoms with Crippen LogP contribution in [0.5, 0.6) is 0 Å². The van der Waals surface area contributed by atoms with E-state index < -0.39 is 0 Å². The van der Waals surface area contributed by atoms with Crippen molar-refractivity contribution in [2.24, 2.45) is 0 Å². The molecule has 23 heavy (non-hydrogen) atoms. The summed E-state index contributed by atoms with van der Waals surface area (Å²) in [6.45, 7) is 7.34. The predicted octanol–water partition coefficient (Wildman–Crippen LogP) is 3.36. The van der Waals surface area contributed by atoms with Crippen molar-refractivity contribution in [1.29, 1.82) is 0 Å². The minimum atomic E-state index is 0.0544. The van der Waals surface area contributed by atoms with Gasteiger partial charge in [0, 0.05) is 30.3 Å². The van der Waals surface area contributed by atoms with Crippen LogP contribution in [0.3, 0.4) is 0 Å². The van der Waals surface area contributed by atoms with Gasteiger partial charge in [0.25, 0.3) is 0 Å². The Morgan fingerprint density at radius 3 is 3.09 bits per heavy atom. The van der Waals surface area contributed by atoms with E-state index >= 15 is 0 Å². The molecule has 2 heterocycles. The van der Waals surface area contributed by atoms with E-state index in [1.54, 1.807) is 0 Å². The van der Waals surface area contributed by atoms with E-state index in [0.29, 0.717) is 11.9 Å². The number of unbranched alkanes of at least 4 members (excludes halogenated alkanes) is 1. The fraction of sp³-hybridized carbons (Fsp3) is 0.706. The fourth-order valence-electron chi connectivity index (χ4n) is 3.32. The van der Waals surface area contributed by atoms with Gasteiger partial charge >= 0.3 is 0 Å². The van der Waals surface area contributed by atoms with Crippen LogP contribution in [0.15, 0.2) is 10.7 Å². The maximum atomic E-state index is 5.43. The molecular formula is C17H27N5O. The summed E-state index contributed by atoms with van der Waals surface area (Å²) in [6.07, 6.45) is 8.59. The van der Waals surface area contributed by atoms with Gasteiger partial charge in [0.15, 0.2) is 5.82 Å². The van der Waals surface area contributed by atoms with Gasteiger partial charge in [0.1, 0.15) is 0 Å². The van der Waals surface area contributed by atoms with Crippen molar-refractivity contribution >= 4 is 0 Å². The zero-order chi connectivity index (χ0) is 16.2. The van der Waals surface area contributed by atoms with Gasteiger partial charge in [0.2, 0.25) is 5.89 Å². The summed E-state index contributed by atoms with van der Waals surface area (Å²) in [5.41, 5.74) is 2.70. The fourth-order valence-corrected chi connectivity index (χ4v) is 3.32. The zero-order valence-electron chi connectivity index (χ0n) is 14.4. The van der Waals surface area contributed by atoms with Crippen LogP contribution in [0.4, 0.5) is 0 Å². The lowest BCUT2D eigenvalue weighted by atomic mass is 9.92. The van der Waals surface area contributed by atoms with Crippen molar-refractivity contribution in [1.82, 2.24) is 25.2 Å². The molecule has 0 unspecified atom stereocenters. The molecule has 0 saturated heterocycles. The predicted molar refractivity (Wildman–Crippen MR) is 88.0 cm³/mol. The zero-order valence-corrected chi connectivity index (χ0v) is 14.4. The summed E-state index contributed by atoms with van der Waals surface area (Å²) in [5, 5.41) is 12.2. The quantitative estimate of drug-likeness (QED) is 0.848. The molecule has 1 N–H and O–H groups in total. The monoisotopic (exact) mass is 317 g/mol. The molecule has 2 atom stereocenters. The first-order valence-electron chi connectivity index (χ1n) is 8.86. The van der Waals surface area contributed by atoms with E-state index in [2.05, 4.69) is 46.0 Å². The van der Waals surface area contributed by atoms with E-state index in [4.69, 9.17) is 4.52 Å². The number of rotatable bonds is 7. The molecule has 0 aliphatic heterocycles. The first kappa shape index (κ1) is 16.2. The van der Waals surface area contributed by atoms with Crippen LogP contribution in [0.1, 0.15) is 81.5 Å². The minimum Gasteiger partial charge on any atom is -0.338 e. The molecular weight excluding hydrogens is 290 g/mol. The molecule has 6 heteroatoms. The molecule has 0 fully saturated rings. The van der Waals surface area contributed by atoms with Gasteiger partial charge in [-0.3, -0.25) is 10.00 Å². The van der Waals surface area contributed by atoms with Crippen LogP contribution in [-0.2, 0) is 19.4 Å². The van der Waals surface area contributed by atoms with Crippen LogP contribution in [-0.4, -0.2) is 19.9 Å². The van der Waals surface area contributed by atoms with Gasteiger partial charge in [0.05, 0.1) is 12.2 Å². The average molecular weight is 317 g/mol. The smallest absolute Gasteiger partial charge is 0.243 e. The van der Waals surface area contributed by atoms with E-state index in [0.717, 1.165) is 44.5 Å². The maximum absolute atomic E-state index is 5.43. The van der Waals surface area contributed by atoms with E-state index in [9.17, 15) is 0 Å². The molecule has 0 saturated carbocycles.